The molecule has 5 nitrogen and oxygen atoms in total. The molecule has 0 aliphatic rings. The molecule has 0 spiro atoms. The molecule has 1 aromatic carbocycles. The highest BCUT2D eigenvalue weighted by Gasteiger charge is 2.03. The van der Waals surface area contributed by atoms with E-state index in [2.05, 4.69) is 0 Å². The minimum atomic E-state index is -3.57. The Bertz CT molecular complexity index is 442. The summed E-state index contributed by atoms with van der Waals surface area (Å²) in [5, 5.41) is 1.05. The Hall–Kier alpha value is -1.21. The monoisotopic (exact) mass is 257 g/mol. The van der Waals surface area contributed by atoms with Crippen molar-refractivity contribution in [3.8, 4) is 0 Å². The van der Waals surface area contributed by atoms with Crippen molar-refractivity contribution >= 4 is 16.1 Å². The molecule has 1 aromatic rings. The lowest BCUT2D eigenvalue weighted by Crippen LogP contribution is -2.23. The average molecular weight is 257 g/mol. The molecule has 0 bridgehead atoms. The van der Waals surface area contributed by atoms with Gasteiger partial charge in [0.15, 0.2) is 0 Å². The van der Waals surface area contributed by atoms with E-state index in [4.69, 9.17) is 9.57 Å². The van der Waals surface area contributed by atoms with Crippen molar-refractivity contribution in [2.45, 2.75) is 0 Å². The third-order valence-corrected chi connectivity index (χ3v) is 2.65. The third-order valence-electron chi connectivity index (χ3n) is 1.80. The molecule has 6 heteroatoms. The van der Waals surface area contributed by atoms with E-state index < -0.39 is 10.0 Å². The van der Waals surface area contributed by atoms with Gasteiger partial charge in [-0.2, -0.15) is 0 Å². The number of ether oxygens (including phenoxy) is 1. The lowest BCUT2D eigenvalue weighted by molar-refractivity contribution is 0.0444. The Kier molecular flexibility index (Phi) is 5.85. The molecule has 0 heterocycles. The van der Waals surface area contributed by atoms with Gasteiger partial charge in [0.25, 0.3) is 10.0 Å². The second kappa shape index (κ2) is 7.18. The van der Waals surface area contributed by atoms with Gasteiger partial charge in [-0.15, -0.1) is 0 Å². The Labute approximate surface area is 101 Å². The summed E-state index contributed by atoms with van der Waals surface area (Å²) in [6.07, 6.45) is 1.49. The van der Waals surface area contributed by atoms with E-state index in [0.717, 1.165) is 11.0 Å². The summed E-state index contributed by atoms with van der Waals surface area (Å²) in [6, 6.07) is 9.12. The van der Waals surface area contributed by atoms with E-state index in [0.29, 0.717) is 6.61 Å². The molecular formula is C11H15NO4S. The van der Waals surface area contributed by atoms with Crippen LogP contribution in [0.25, 0.3) is 6.08 Å². The van der Waals surface area contributed by atoms with E-state index in [1.165, 1.54) is 13.2 Å². The second-order valence-corrected chi connectivity index (χ2v) is 4.71. The molecule has 1 N–H and O–H groups in total. The SMILES string of the molecule is COCCONS(=O)(=O)/C=C/c1ccccc1. The van der Waals surface area contributed by atoms with E-state index in [1.54, 1.807) is 12.1 Å². The number of hydrogen-bond donors (Lipinski definition) is 1. The van der Waals surface area contributed by atoms with Crippen LogP contribution in [-0.2, 0) is 19.6 Å². The number of methoxy groups -OCH3 is 1. The molecule has 0 saturated carbocycles. The zero-order valence-corrected chi connectivity index (χ0v) is 10.3. The lowest BCUT2D eigenvalue weighted by Gasteiger charge is -2.02. The van der Waals surface area contributed by atoms with Crippen molar-refractivity contribution < 1.29 is 18.0 Å². The highest BCUT2D eigenvalue weighted by atomic mass is 32.2. The predicted octanol–water partition coefficient (Wildman–Crippen LogP) is 1.15. The maximum absolute atomic E-state index is 11.4. The topological polar surface area (TPSA) is 64.6 Å². The Morgan fingerprint density at radius 3 is 2.59 bits per heavy atom. The number of hydrogen-bond acceptors (Lipinski definition) is 4. The molecule has 0 radical (unpaired) electrons. The normalized spacial score (nSPS) is 12.1. The minimum Gasteiger partial charge on any atom is -0.382 e. The van der Waals surface area contributed by atoms with Gasteiger partial charge in [0, 0.05) is 12.5 Å². The van der Waals surface area contributed by atoms with Gasteiger partial charge in [-0.1, -0.05) is 35.2 Å². The zero-order chi connectivity index (χ0) is 12.6. The quantitative estimate of drug-likeness (QED) is 0.588. The first-order valence-electron chi connectivity index (χ1n) is 5.00. The fraction of sp³-hybridized carbons (Fsp3) is 0.273. The van der Waals surface area contributed by atoms with Crippen LogP contribution in [0.3, 0.4) is 0 Å². The largest absolute Gasteiger partial charge is 0.382 e. The van der Waals surface area contributed by atoms with Gasteiger partial charge in [-0.05, 0) is 11.6 Å². The summed E-state index contributed by atoms with van der Waals surface area (Å²) in [4.78, 5) is 6.68. The molecule has 0 aliphatic carbocycles. The number of benzene rings is 1. The van der Waals surface area contributed by atoms with Crippen LogP contribution in [0, 0.1) is 0 Å². The van der Waals surface area contributed by atoms with Gasteiger partial charge in [-0.25, -0.2) is 8.42 Å². The van der Waals surface area contributed by atoms with Gasteiger partial charge < -0.3 is 4.74 Å². The fourth-order valence-corrected chi connectivity index (χ4v) is 1.65. The van der Waals surface area contributed by atoms with Crippen LogP contribution in [0.1, 0.15) is 5.56 Å². The van der Waals surface area contributed by atoms with Crippen molar-refractivity contribution in [3.05, 3.63) is 41.3 Å². The summed E-state index contributed by atoms with van der Waals surface area (Å²) in [6.45, 7) is 0.486. The molecule has 94 valence electrons. The molecular weight excluding hydrogens is 242 g/mol. The van der Waals surface area contributed by atoms with Crippen molar-refractivity contribution in [3.63, 3.8) is 0 Å². The molecule has 17 heavy (non-hydrogen) atoms. The molecule has 0 aliphatic heterocycles. The van der Waals surface area contributed by atoms with Crippen molar-refractivity contribution in [1.82, 2.24) is 4.89 Å². The summed E-state index contributed by atoms with van der Waals surface area (Å²) >= 11 is 0. The van der Waals surface area contributed by atoms with Crippen LogP contribution in [0.2, 0.25) is 0 Å². The van der Waals surface area contributed by atoms with Crippen molar-refractivity contribution in [2.24, 2.45) is 0 Å². The van der Waals surface area contributed by atoms with Crippen molar-refractivity contribution in [2.75, 3.05) is 20.3 Å². The van der Waals surface area contributed by atoms with Gasteiger partial charge in [0.2, 0.25) is 0 Å². The molecule has 0 unspecified atom stereocenters. The van der Waals surface area contributed by atoms with Crippen LogP contribution in [0.15, 0.2) is 35.7 Å². The lowest BCUT2D eigenvalue weighted by atomic mass is 10.2. The molecule has 0 fully saturated rings. The van der Waals surface area contributed by atoms with Gasteiger partial charge >= 0.3 is 0 Å². The highest BCUT2D eigenvalue weighted by Crippen LogP contribution is 2.02. The molecule has 0 aromatic heterocycles. The van der Waals surface area contributed by atoms with E-state index in [-0.39, 0.29) is 6.61 Å². The summed E-state index contributed by atoms with van der Waals surface area (Å²) in [5.41, 5.74) is 0.801. The smallest absolute Gasteiger partial charge is 0.255 e. The van der Waals surface area contributed by atoms with Gasteiger partial charge in [-0.3, -0.25) is 4.84 Å². The van der Waals surface area contributed by atoms with Crippen LogP contribution in [0.5, 0.6) is 0 Å². The summed E-state index contributed by atoms with van der Waals surface area (Å²) in [7, 11) is -2.06. The second-order valence-electron chi connectivity index (χ2n) is 3.18. The van der Waals surface area contributed by atoms with Crippen LogP contribution in [0.4, 0.5) is 0 Å². The molecule has 0 amide bonds. The average Bonchev–Trinajstić information content (AvgIpc) is 2.34. The minimum absolute atomic E-state index is 0.162. The maximum Gasteiger partial charge on any atom is 0.255 e. The predicted molar refractivity (Wildman–Crippen MR) is 65.4 cm³/mol. The number of sulfonamides is 1. The zero-order valence-electron chi connectivity index (χ0n) is 9.50. The Morgan fingerprint density at radius 2 is 1.94 bits per heavy atom. The van der Waals surface area contributed by atoms with Crippen molar-refractivity contribution in [1.29, 1.82) is 0 Å². The van der Waals surface area contributed by atoms with Crippen LogP contribution in [-0.4, -0.2) is 28.7 Å². The molecule has 0 saturated heterocycles. The van der Waals surface area contributed by atoms with Crippen LogP contribution < -0.4 is 4.89 Å². The van der Waals surface area contributed by atoms with E-state index in [1.807, 2.05) is 23.1 Å². The Balaban J connectivity index is 2.46. The molecule has 1 rings (SSSR count). The highest BCUT2D eigenvalue weighted by molar-refractivity contribution is 7.92. The number of rotatable bonds is 7. The molecule has 0 atom stereocenters. The van der Waals surface area contributed by atoms with Gasteiger partial charge in [0.05, 0.1) is 13.2 Å². The third kappa shape index (κ3) is 6.18. The first-order chi connectivity index (χ1) is 8.14. The van der Waals surface area contributed by atoms with E-state index >= 15 is 0 Å². The summed E-state index contributed by atoms with van der Waals surface area (Å²) < 4.78 is 27.5. The fourth-order valence-electron chi connectivity index (χ4n) is 1.01. The maximum atomic E-state index is 11.4. The first-order valence-corrected chi connectivity index (χ1v) is 6.54. The van der Waals surface area contributed by atoms with E-state index in [9.17, 15) is 8.42 Å². The van der Waals surface area contributed by atoms with Gasteiger partial charge in [0.1, 0.15) is 0 Å². The number of nitrogens with one attached hydrogen (secondary N) is 1. The van der Waals surface area contributed by atoms with Crippen LogP contribution >= 0.6 is 0 Å². The first kappa shape index (κ1) is 13.9. The summed E-state index contributed by atoms with van der Waals surface area (Å²) in [5.74, 6) is 0. The Morgan fingerprint density at radius 1 is 1.24 bits per heavy atom. The standard InChI is InChI=1S/C11H15NO4S/c1-15-8-9-16-12-17(13,14)10-7-11-5-3-2-4-6-11/h2-7,10,12H,8-9H2,1H3/b10-7+.